The van der Waals surface area contributed by atoms with E-state index in [0.717, 1.165) is 12.8 Å². The first-order valence-corrected chi connectivity index (χ1v) is 5.90. The Morgan fingerprint density at radius 1 is 1.19 bits per heavy atom. The second kappa shape index (κ2) is 3.87. The van der Waals surface area contributed by atoms with E-state index < -0.39 is 11.2 Å². The van der Waals surface area contributed by atoms with E-state index in [2.05, 4.69) is 10.2 Å². The van der Waals surface area contributed by atoms with Gasteiger partial charge in [0, 0.05) is 12.1 Å². The molecule has 0 spiro atoms. The van der Waals surface area contributed by atoms with Gasteiger partial charge in [-0.1, -0.05) is 11.3 Å². The molecule has 1 aliphatic rings. The van der Waals surface area contributed by atoms with Crippen LogP contribution in [-0.2, 0) is 6.18 Å². The molecule has 1 fully saturated rings. The third kappa shape index (κ3) is 2.00. The van der Waals surface area contributed by atoms with Crippen molar-refractivity contribution in [1.29, 1.82) is 0 Å². The van der Waals surface area contributed by atoms with Crippen LogP contribution in [0.1, 0.15) is 31.7 Å². The molecule has 16 heavy (non-hydrogen) atoms. The maximum Gasteiger partial charge on any atom is 0.445 e. The first-order chi connectivity index (χ1) is 7.39. The third-order valence-electron chi connectivity index (χ3n) is 2.83. The van der Waals surface area contributed by atoms with E-state index in [-0.39, 0.29) is 12.1 Å². The van der Waals surface area contributed by atoms with Gasteiger partial charge in [0.1, 0.15) is 0 Å². The Labute approximate surface area is 95.3 Å². The molecule has 0 bridgehead atoms. The quantitative estimate of drug-likeness (QED) is 0.768. The monoisotopic (exact) mass is 251 g/mol. The summed E-state index contributed by atoms with van der Waals surface area (Å²) in [6.45, 7) is 4.00. The van der Waals surface area contributed by atoms with Gasteiger partial charge in [-0.25, -0.2) is 0 Å². The number of halogens is 3. The van der Waals surface area contributed by atoms with Crippen LogP contribution >= 0.6 is 11.3 Å². The molecule has 2 atom stereocenters. The van der Waals surface area contributed by atoms with Crippen LogP contribution in [-0.4, -0.2) is 22.3 Å². The molecule has 1 aromatic rings. The van der Waals surface area contributed by atoms with E-state index in [9.17, 15) is 13.2 Å². The normalized spacial score (nSPS) is 26.4. The Bertz CT molecular complexity index is 366. The fourth-order valence-electron chi connectivity index (χ4n) is 2.01. The lowest BCUT2D eigenvalue weighted by Crippen LogP contribution is -2.32. The number of hydrogen-bond donors (Lipinski definition) is 0. The molecule has 3 nitrogen and oxygen atoms in total. The van der Waals surface area contributed by atoms with Crippen LogP contribution in [0.4, 0.5) is 18.3 Å². The number of nitrogens with zero attached hydrogens (tertiary/aromatic N) is 3. The molecular formula is C9H12F3N3S. The molecule has 0 aromatic carbocycles. The van der Waals surface area contributed by atoms with Gasteiger partial charge in [0.05, 0.1) is 0 Å². The second-order valence-electron chi connectivity index (χ2n) is 4.07. The average molecular weight is 251 g/mol. The van der Waals surface area contributed by atoms with Gasteiger partial charge in [0.25, 0.3) is 0 Å². The van der Waals surface area contributed by atoms with Crippen molar-refractivity contribution in [3.8, 4) is 0 Å². The van der Waals surface area contributed by atoms with Crippen molar-refractivity contribution in [2.24, 2.45) is 0 Å². The number of anilines is 1. The Morgan fingerprint density at radius 3 is 2.19 bits per heavy atom. The van der Waals surface area contributed by atoms with Gasteiger partial charge >= 0.3 is 6.18 Å². The van der Waals surface area contributed by atoms with Gasteiger partial charge in [-0.05, 0) is 26.7 Å². The van der Waals surface area contributed by atoms with Gasteiger partial charge < -0.3 is 4.90 Å². The predicted molar refractivity (Wildman–Crippen MR) is 55.5 cm³/mol. The Kier molecular flexibility index (Phi) is 2.81. The lowest BCUT2D eigenvalue weighted by atomic mass is 10.2. The number of alkyl halides is 3. The molecule has 1 aliphatic heterocycles. The maximum absolute atomic E-state index is 12.4. The van der Waals surface area contributed by atoms with Crippen LogP contribution in [0.25, 0.3) is 0 Å². The van der Waals surface area contributed by atoms with E-state index >= 15 is 0 Å². The molecule has 0 radical (unpaired) electrons. The molecule has 2 unspecified atom stereocenters. The number of aromatic nitrogens is 2. The SMILES string of the molecule is CC1CCC(C)N1c1nnc(C(F)(F)F)s1. The van der Waals surface area contributed by atoms with Gasteiger partial charge in [0.15, 0.2) is 0 Å². The molecule has 0 saturated carbocycles. The summed E-state index contributed by atoms with van der Waals surface area (Å²) in [5.74, 6) is 0. The largest absolute Gasteiger partial charge is 0.445 e. The lowest BCUT2D eigenvalue weighted by Gasteiger charge is -2.24. The number of rotatable bonds is 1. The molecule has 1 aromatic heterocycles. The zero-order valence-electron chi connectivity index (χ0n) is 8.95. The van der Waals surface area contributed by atoms with Gasteiger partial charge in [-0.3, -0.25) is 0 Å². The molecule has 1 saturated heterocycles. The lowest BCUT2D eigenvalue weighted by molar-refractivity contribution is -0.138. The minimum atomic E-state index is -4.39. The van der Waals surface area contributed by atoms with Crippen molar-refractivity contribution in [2.45, 2.75) is 44.9 Å². The minimum Gasteiger partial charge on any atom is -0.341 e. The van der Waals surface area contributed by atoms with Crippen LogP contribution in [0.5, 0.6) is 0 Å². The van der Waals surface area contributed by atoms with E-state index in [1.54, 1.807) is 0 Å². The highest BCUT2D eigenvalue weighted by atomic mass is 32.1. The second-order valence-corrected chi connectivity index (χ2v) is 5.03. The summed E-state index contributed by atoms with van der Waals surface area (Å²) in [4.78, 5) is 1.92. The van der Waals surface area contributed by atoms with Crippen LogP contribution in [0.3, 0.4) is 0 Å². The highest BCUT2D eigenvalue weighted by molar-refractivity contribution is 7.15. The smallest absolute Gasteiger partial charge is 0.341 e. The first kappa shape index (κ1) is 11.6. The summed E-state index contributed by atoms with van der Waals surface area (Å²) >= 11 is 0.623. The zero-order valence-corrected chi connectivity index (χ0v) is 9.77. The molecule has 2 rings (SSSR count). The number of hydrogen-bond acceptors (Lipinski definition) is 4. The van der Waals surface area contributed by atoms with Crippen molar-refractivity contribution >= 4 is 16.5 Å². The molecule has 0 aliphatic carbocycles. The van der Waals surface area contributed by atoms with Gasteiger partial charge in [0.2, 0.25) is 10.1 Å². The summed E-state index contributed by atoms with van der Waals surface area (Å²) < 4.78 is 37.1. The topological polar surface area (TPSA) is 29.0 Å². The summed E-state index contributed by atoms with van der Waals surface area (Å²) in [7, 11) is 0. The highest BCUT2D eigenvalue weighted by Gasteiger charge is 2.38. The predicted octanol–water partition coefficient (Wildman–Crippen LogP) is 2.93. The maximum atomic E-state index is 12.4. The first-order valence-electron chi connectivity index (χ1n) is 5.08. The van der Waals surface area contributed by atoms with E-state index in [1.807, 2.05) is 18.7 Å². The summed E-state index contributed by atoms with van der Waals surface area (Å²) in [5, 5.41) is 6.36. The average Bonchev–Trinajstić information content (AvgIpc) is 2.72. The van der Waals surface area contributed by atoms with Crippen LogP contribution in [0.15, 0.2) is 0 Å². The van der Waals surface area contributed by atoms with Crippen molar-refractivity contribution in [3.63, 3.8) is 0 Å². The van der Waals surface area contributed by atoms with Crippen molar-refractivity contribution < 1.29 is 13.2 Å². The summed E-state index contributed by atoms with van der Waals surface area (Å²) in [6, 6.07) is 0.480. The summed E-state index contributed by atoms with van der Waals surface area (Å²) in [5.41, 5.74) is 0. The molecule has 90 valence electrons. The molecule has 2 heterocycles. The standard InChI is InChI=1S/C9H12F3N3S/c1-5-3-4-6(2)15(5)8-14-13-7(16-8)9(10,11)12/h5-6H,3-4H2,1-2H3. The fourth-order valence-corrected chi connectivity index (χ4v) is 2.92. The highest BCUT2D eigenvalue weighted by Crippen LogP contribution is 2.37. The van der Waals surface area contributed by atoms with Crippen molar-refractivity contribution in [1.82, 2.24) is 10.2 Å². The van der Waals surface area contributed by atoms with E-state index in [4.69, 9.17) is 0 Å². The molecule has 0 N–H and O–H groups in total. The van der Waals surface area contributed by atoms with Crippen LogP contribution in [0.2, 0.25) is 0 Å². The van der Waals surface area contributed by atoms with Gasteiger partial charge in [-0.15, -0.1) is 10.2 Å². The van der Waals surface area contributed by atoms with Crippen LogP contribution < -0.4 is 4.90 Å². The van der Waals surface area contributed by atoms with Gasteiger partial charge in [-0.2, -0.15) is 13.2 Å². The fraction of sp³-hybridized carbons (Fsp3) is 0.778. The Morgan fingerprint density at radius 2 is 1.75 bits per heavy atom. The summed E-state index contributed by atoms with van der Waals surface area (Å²) in [6.07, 6.45) is -2.41. The third-order valence-corrected chi connectivity index (χ3v) is 3.81. The van der Waals surface area contributed by atoms with Crippen molar-refractivity contribution in [3.05, 3.63) is 5.01 Å². The van der Waals surface area contributed by atoms with E-state index in [0.29, 0.717) is 16.5 Å². The zero-order chi connectivity index (χ0) is 11.9. The van der Waals surface area contributed by atoms with Crippen molar-refractivity contribution in [2.75, 3.05) is 4.90 Å². The minimum absolute atomic E-state index is 0.240. The Balaban J connectivity index is 2.25. The van der Waals surface area contributed by atoms with Crippen LogP contribution in [0, 0.1) is 0 Å². The molecular weight excluding hydrogens is 239 g/mol. The molecule has 7 heteroatoms. The molecule has 0 amide bonds. The van der Waals surface area contributed by atoms with E-state index in [1.165, 1.54) is 0 Å². The Hall–Kier alpha value is -0.850.